The number of aryl methyl sites for hydroxylation is 1. The number of nitrogens with one attached hydrogen (secondary N) is 3. The molecule has 37 heavy (non-hydrogen) atoms. The van der Waals surface area contributed by atoms with Gasteiger partial charge in [0.25, 0.3) is 0 Å². The number of carbonyl (C=O) groups excluding carboxylic acids is 2. The van der Waals surface area contributed by atoms with E-state index < -0.39 is 6.04 Å². The van der Waals surface area contributed by atoms with Crippen LogP contribution in [0, 0.1) is 18.4 Å². The lowest BCUT2D eigenvalue weighted by Crippen LogP contribution is -2.44. The fourth-order valence-corrected chi connectivity index (χ4v) is 4.29. The van der Waals surface area contributed by atoms with Crippen LogP contribution >= 0.6 is 0 Å². The quantitative estimate of drug-likeness (QED) is 0.168. The number of aromatic hydroxyl groups is 1. The highest BCUT2D eigenvalue weighted by molar-refractivity contribution is 5.98. The van der Waals surface area contributed by atoms with Gasteiger partial charge >= 0.3 is 0 Å². The summed E-state index contributed by atoms with van der Waals surface area (Å²) in [4.78, 5) is 31.8. The topological polar surface area (TPSA) is 143 Å². The standard InChI is InChI=1S/C27H30N6O4/c1-18-14-20-15-21(7-10-24(20)37-18)31-27(30-17-28)32-23-4-2-3-13-33(26(23)36)16-25(35)29-12-11-19-5-8-22(34)9-6-19/h5-10,14-15,23,34H,2-4,11-13,16H2,1H3,(H,29,35)(H2,30,31,32). The molecule has 192 valence electrons. The first-order valence-electron chi connectivity index (χ1n) is 12.2. The first-order chi connectivity index (χ1) is 17.9. The summed E-state index contributed by atoms with van der Waals surface area (Å²) in [5.41, 5.74) is 2.44. The molecule has 1 aliphatic rings. The summed E-state index contributed by atoms with van der Waals surface area (Å²) in [6.45, 7) is 2.72. The lowest BCUT2D eigenvalue weighted by atomic mass is 10.1. The molecule has 1 aromatic heterocycles. The summed E-state index contributed by atoms with van der Waals surface area (Å²) in [5, 5.41) is 28.0. The second kappa shape index (κ2) is 11.9. The number of amides is 2. The Balaban J connectivity index is 1.38. The van der Waals surface area contributed by atoms with Gasteiger partial charge in [0.05, 0.1) is 6.54 Å². The zero-order chi connectivity index (χ0) is 26.2. The van der Waals surface area contributed by atoms with Gasteiger partial charge in [0.2, 0.25) is 17.8 Å². The van der Waals surface area contributed by atoms with E-state index in [9.17, 15) is 20.0 Å². The average Bonchev–Trinajstić information content (AvgIpc) is 3.16. The number of anilines is 1. The number of hydrogen-bond acceptors (Lipinski definition) is 6. The van der Waals surface area contributed by atoms with Crippen LogP contribution in [0.2, 0.25) is 0 Å². The van der Waals surface area contributed by atoms with E-state index in [0.717, 1.165) is 35.1 Å². The van der Waals surface area contributed by atoms with E-state index in [0.29, 0.717) is 31.6 Å². The van der Waals surface area contributed by atoms with E-state index in [2.05, 4.69) is 20.9 Å². The summed E-state index contributed by atoms with van der Waals surface area (Å²) >= 11 is 0. The number of fused-ring (bicyclic) bond motifs is 1. The van der Waals surface area contributed by atoms with Gasteiger partial charge in [0.1, 0.15) is 23.1 Å². The smallest absolute Gasteiger partial charge is 0.247 e. The Labute approximate surface area is 215 Å². The third-order valence-corrected chi connectivity index (χ3v) is 6.12. The molecule has 1 fully saturated rings. The van der Waals surface area contributed by atoms with Crippen molar-refractivity contribution in [1.82, 2.24) is 15.5 Å². The van der Waals surface area contributed by atoms with Crippen LogP contribution in [0.5, 0.6) is 5.75 Å². The van der Waals surface area contributed by atoms with Gasteiger partial charge in [-0.05, 0) is 74.6 Å². The molecule has 4 rings (SSSR count). The number of furan rings is 1. The summed E-state index contributed by atoms with van der Waals surface area (Å²) in [7, 11) is 0. The number of nitriles is 1. The Morgan fingerprint density at radius 2 is 2.03 bits per heavy atom. The van der Waals surface area contributed by atoms with E-state index in [-0.39, 0.29) is 30.1 Å². The van der Waals surface area contributed by atoms with Crippen molar-refractivity contribution >= 4 is 34.4 Å². The van der Waals surface area contributed by atoms with E-state index in [4.69, 9.17) is 4.42 Å². The summed E-state index contributed by atoms with van der Waals surface area (Å²) in [6, 6.07) is 13.5. The monoisotopic (exact) mass is 502 g/mol. The van der Waals surface area contributed by atoms with Crippen molar-refractivity contribution in [1.29, 1.82) is 5.26 Å². The molecule has 10 heteroatoms. The number of hydrogen-bond donors (Lipinski definition) is 4. The fraction of sp³-hybridized carbons (Fsp3) is 0.333. The minimum atomic E-state index is -0.712. The van der Waals surface area contributed by atoms with Crippen LogP contribution in [-0.2, 0) is 16.0 Å². The largest absolute Gasteiger partial charge is 0.508 e. The van der Waals surface area contributed by atoms with Gasteiger partial charge in [-0.15, -0.1) is 0 Å². The fourth-order valence-electron chi connectivity index (χ4n) is 4.29. The molecule has 10 nitrogen and oxygen atoms in total. The van der Waals surface area contributed by atoms with Crippen molar-refractivity contribution in [3.63, 3.8) is 0 Å². The van der Waals surface area contributed by atoms with Gasteiger partial charge in [-0.2, -0.15) is 5.26 Å². The highest BCUT2D eigenvalue weighted by Gasteiger charge is 2.28. The Hall–Kier alpha value is -4.52. The number of aliphatic imine (C=N–C) groups is 1. The van der Waals surface area contributed by atoms with Crippen LogP contribution in [-0.4, -0.2) is 53.5 Å². The molecule has 0 aliphatic carbocycles. The third-order valence-electron chi connectivity index (χ3n) is 6.12. The number of likely N-dealkylation sites (tertiary alicyclic amines) is 1. The molecule has 1 unspecified atom stereocenters. The number of nitrogens with zero attached hydrogens (tertiary/aromatic N) is 3. The summed E-state index contributed by atoms with van der Waals surface area (Å²) in [6.07, 6.45) is 4.55. The van der Waals surface area contributed by atoms with Crippen molar-refractivity contribution in [2.24, 2.45) is 4.99 Å². The normalized spacial score (nSPS) is 16.2. The Morgan fingerprint density at radius 3 is 2.81 bits per heavy atom. The number of benzene rings is 2. The minimum Gasteiger partial charge on any atom is -0.508 e. The lowest BCUT2D eigenvalue weighted by Gasteiger charge is -2.22. The molecule has 1 atom stereocenters. The molecule has 2 amide bonds. The first kappa shape index (κ1) is 25.6. The second-order valence-electron chi connectivity index (χ2n) is 8.99. The second-order valence-corrected chi connectivity index (χ2v) is 8.99. The van der Waals surface area contributed by atoms with Crippen LogP contribution in [0.4, 0.5) is 5.69 Å². The van der Waals surface area contributed by atoms with E-state index in [1.807, 2.05) is 37.4 Å². The van der Waals surface area contributed by atoms with Gasteiger partial charge in [-0.1, -0.05) is 12.1 Å². The Bertz CT molecular complexity index is 1320. The van der Waals surface area contributed by atoms with Crippen molar-refractivity contribution in [2.45, 2.75) is 38.6 Å². The summed E-state index contributed by atoms with van der Waals surface area (Å²) < 4.78 is 5.60. The molecule has 0 radical (unpaired) electrons. The highest BCUT2D eigenvalue weighted by atomic mass is 16.3. The Morgan fingerprint density at radius 1 is 1.22 bits per heavy atom. The van der Waals surface area contributed by atoms with Crippen molar-refractivity contribution in [3.8, 4) is 11.9 Å². The maximum Gasteiger partial charge on any atom is 0.247 e. The molecule has 1 saturated heterocycles. The predicted octanol–water partition coefficient (Wildman–Crippen LogP) is 3.03. The van der Waals surface area contributed by atoms with Crippen LogP contribution in [0.1, 0.15) is 30.6 Å². The van der Waals surface area contributed by atoms with Gasteiger partial charge in [-0.3, -0.25) is 14.9 Å². The molecule has 1 aliphatic heterocycles. The Kier molecular flexibility index (Phi) is 8.26. The predicted molar refractivity (Wildman–Crippen MR) is 140 cm³/mol. The maximum atomic E-state index is 13.2. The van der Waals surface area contributed by atoms with E-state index >= 15 is 0 Å². The van der Waals surface area contributed by atoms with Crippen LogP contribution in [0.25, 0.3) is 11.0 Å². The number of guanidine groups is 1. The molecular weight excluding hydrogens is 472 g/mol. The maximum absolute atomic E-state index is 13.2. The molecule has 3 aromatic rings. The molecule has 0 saturated carbocycles. The summed E-state index contributed by atoms with van der Waals surface area (Å²) in [5.74, 6) is 0.674. The molecule has 2 aromatic carbocycles. The van der Waals surface area contributed by atoms with Gasteiger partial charge in [-0.25, -0.2) is 4.99 Å². The van der Waals surface area contributed by atoms with Crippen LogP contribution < -0.4 is 16.0 Å². The third kappa shape index (κ3) is 7.01. The lowest BCUT2D eigenvalue weighted by molar-refractivity contribution is -0.136. The highest BCUT2D eigenvalue weighted by Crippen LogP contribution is 2.23. The van der Waals surface area contributed by atoms with Crippen molar-refractivity contribution in [2.75, 3.05) is 25.0 Å². The first-order valence-corrected chi connectivity index (χ1v) is 12.2. The molecule has 2 heterocycles. The zero-order valence-electron chi connectivity index (χ0n) is 20.7. The number of rotatable bonds is 7. The van der Waals surface area contributed by atoms with Gasteiger partial charge in [0, 0.05) is 24.2 Å². The number of phenolic OH excluding ortho intramolecular Hbond substituents is 1. The van der Waals surface area contributed by atoms with E-state index in [1.54, 1.807) is 24.3 Å². The molecule has 4 N–H and O–H groups in total. The average molecular weight is 503 g/mol. The van der Waals surface area contributed by atoms with Crippen molar-refractivity contribution in [3.05, 3.63) is 59.9 Å². The SMILES string of the molecule is Cc1cc2cc(NC(=NC3CCCCN(CC(=O)NCCc4ccc(O)cc4)C3=O)NC#N)ccc2o1. The van der Waals surface area contributed by atoms with Crippen LogP contribution in [0.15, 0.2) is 57.9 Å². The van der Waals surface area contributed by atoms with Crippen LogP contribution in [0.3, 0.4) is 0 Å². The van der Waals surface area contributed by atoms with Crippen molar-refractivity contribution < 1.29 is 19.1 Å². The zero-order valence-corrected chi connectivity index (χ0v) is 20.7. The number of carbonyl (C=O) groups is 2. The van der Waals surface area contributed by atoms with Gasteiger partial charge in [0.15, 0.2) is 6.19 Å². The molecule has 0 spiro atoms. The van der Waals surface area contributed by atoms with E-state index in [1.165, 1.54) is 4.90 Å². The van der Waals surface area contributed by atoms with Gasteiger partial charge < -0.3 is 25.1 Å². The molecule has 0 bridgehead atoms. The molecular formula is C27H30N6O4. The minimum absolute atomic E-state index is 0.0502. The number of phenols is 1.